The lowest BCUT2D eigenvalue weighted by molar-refractivity contribution is -0.385. The molecular formula is C22H18N4O6. The Morgan fingerprint density at radius 1 is 0.656 bits per heavy atom. The van der Waals surface area contributed by atoms with Crippen molar-refractivity contribution in [3.8, 4) is 0 Å². The average molecular weight is 434 g/mol. The van der Waals surface area contributed by atoms with Crippen molar-refractivity contribution < 1.29 is 19.4 Å². The number of benzene rings is 3. The van der Waals surface area contributed by atoms with Crippen molar-refractivity contribution >= 4 is 34.6 Å². The number of para-hydroxylation sites is 2. The minimum atomic E-state index is -0.546. The van der Waals surface area contributed by atoms with Crippen LogP contribution >= 0.6 is 0 Å². The summed E-state index contributed by atoms with van der Waals surface area (Å²) in [6.07, 6.45) is -0.378. The van der Waals surface area contributed by atoms with E-state index in [-0.39, 0.29) is 35.3 Å². The van der Waals surface area contributed by atoms with Crippen molar-refractivity contribution in [3.63, 3.8) is 0 Å². The number of hydrogen-bond acceptors (Lipinski definition) is 6. The van der Waals surface area contributed by atoms with E-state index in [2.05, 4.69) is 10.6 Å². The van der Waals surface area contributed by atoms with Crippen LogP contribution in [-0.4, -0.2) is 21.7 Å². The maximum atomic E-state index is 12.3. The van der Waals surface area contributed by atoms with Gasteiger partial charge in [-0.25, -0.2) is 0 Å². The number of hydrogen-bond donors (Lipinski definition) is 2. The van der Waals surface area contributed by atoms with Gasteiger partial charge in [-0.15, -0.1) is 0 Å². The zero-order valence-electron chi connectivity index (χ0n) is 16.7. The van der Waals surface area contributed by atoms with E-state index in [9.17, 15) is 29.8 Å². The molecule has 0 radical (unpaired) electrons. The molecular weight excluding hydrogens is 416 g/mol. The molecule has 2 amide bonds. The maximum absolute atomic E-state index is 12.3. The number of nitro groups is 2. The second kappa shape index (κ2) is 9.94. The van der Waals surface area contributed by atoms with Crippen molar-refractivity contribution in [2.24, 2.45) is 0 Å². The minimum absolute atomic E-state index is 0.140. The van der Waals surface area contributed by atoms with Crippen molar-refractivity contribution in [1.29, 1.82) is 0 Å². The summed E-state index contributed by atoms with van der Waals surface area (Å²) in [5.74, 6) is -0.912. The summed E-state index contributed by atoms with van der Waals surface area (Å²) in [6, 6.07) is 18.3. The number of carbonyl (C=O) groups excluding carboxylic acids is 2. The van der Waals surface area contributed by atoms with Gasteiger partial charge in [-0.2, -0.15) is 0 Å². The largest absolute Gasteiger partial charge is 0.326 e. The van der Waals surface area contributed by atoms with Gasteiger partial charge in [-0.3, -0.25) is 29.8 Å². The van der Waals surface area contributed by atoms with Crippen molar-refractivity contribution in [2.45, 2.75) is 12.8 Å². The smallest absolute Gasteiger partial charge is 0.273 e. The standard InChI is InChI=1S/C22H18N4O6/c27-21(12-15-6-1-3-10-19(15)25(29)30)23-17-8-5-9-18(14-17)24-22(28)13-16-7-2-4-11-20(16)26(31)32/h1-11,14H,12-13H2,(H,23,27)(H,24,28). The third-order valence-corrected chi connectivity index (χ3v) is 4.51. The first-order valence-electron chi connectivity index (χ1n) is 9.48. The molecule has 0 spiro atoms. The molecule has 0 atom stereocenters. The van der Waals surface area contributed by atoms with E-state index >= 15 is 0 Å². The molecule has 32 heavy (non-hydrogen) atoms. The first-order chi connectivity index (χ1) is 15.3. The summed E-state index contributed by atoms with van der Waals surface area (Å²) >= 11 is 0. The zero-order chi connectivity index (χ0) is 23.1. The fourth-order valence-electron chi connectivity index (χ4n) is 3.11. The lowest BCUT2D eigenvalue weighted by Gasteiger charge is -2.09. The molecule has 0 saturated heterocycles. The first kappa shape index (κ1) is 22.1. The van der Waals surface area contributed by atoms with Gasteiger partial charge in [0.1, 0.15) is 0 Å². The molecule has 0 saturated carbocycles. The van der Waals surface area contributed by atoms with E-state index in [1.54, 1.807) is 30.3 Å². The number of nitrogens with zero attached hydrogens (tertiary/aromatic N) is 2. The third kappa shape index (κ3) is 5.72. The van der Waals surface area contributed by atoms with E-state index in [0.717, 1.165) is 0 Å². The summed E-state index contributed by atoms with van der Waals surface area (Å²) in [5.41, 5.74) is 1.05. The number of amides is 2. The Labute approximate surface area is 182 Å². The Hall–Kier alpha value is -4.60. The molecule has 3 rings (SSSR count). The molecule has 3 aromatic rings. The molecule has 0 aliphatic carbocycles. The van der Waals surface area contributed by atoms with Crippen LogP contribution in [0.1, 0.15) is 11.1 Å². The van der Waals surface area contributed by atoms with Crippen LogP contribution in [0.25, 0.3) is 0 Å². The van der Waals surface area contributed by atoms with Crippen LogP contribution in [-0.2, 0) is 22.4 Å². The van der Waals surface area contributed by atoms with E-state index in [4.69, 9.17) is 0 Å². The van der Waals surface area contributed by atoms with Gasteiger partial charge in [0.15, 0.2) is 0 Å². The van der Waals surface area contributed by atoms with Gasteiger partial charge in [0.2, 0.25) is 11.8 Å². The molecule has 10 heteroatoms. The summed E-state index contributed by atoms with van der Waals surface area (Å²) in [5, 5.41) is 27.5. The van der Waals surface area contributed by atoms with E-state index in [1.807, 2.05) is 0 Å². The Kier molecular flexibility index (Phi) is 6.86. The van der Waals surface area contributed by atoms with Crippen molar-refractivity contribution in [1.82, 2.24) is 0 Å². The number of carbonyl (C=O) groups is 2. The molecule has 10 nitrogen and oxygen atoms in total. The minimum Gasteiger partial charge on any atom is -0.326 e. The van der Waals surface area contributed by atoms with Gasteiger partial charge in [0, 0.05) is 34.6 Å². The Morgan fingerprint density at radius 3 is 1.47 bits per heavy atom. The molecule has 0 unspecified atom stereocenters. The Balaban J connectivity index is 1.64. The van der Waals surface area contributed by atoms with Crippen LogP contribution in [0.2, 0.25) is 0 Å². The molecule has 0 fully saturated rings. The SMILES string of the molecule is O=C(Cc1ccccc1[N+](=O)[O-])Nc1cccc(NC(=O)Cc2ccccc2[N+](=O)[O-])c1. The third-order valence-electron chi connectivity index (χ3n) is 4.51. The Morgan fingerprint density at radius 2 is 1.06 bits per heavy atom. The normalized spacial score (nSPS) is 10.2. The van der Waals surface area contributed by atoms with Crippen LogP contribution in [0.4, 0.5) is 22.7 Å². The predicted octanol–water partition coefficient (Wildman–Crippen LogP) is 3.87. The van der Waals surface area contributed by atoms with E-state index in [1.165, 1.54) is 42.5 Å². The van der Waals surface area contributed by atoms with Crippen LogP contribution in [0.3, 0.4) is 0 Å². The number of nitrogens with one attached hydrogen (secondary N) is 2. The van der Waals surface area contributed by atoms with Crippen LogP contribution < -0.4 is 10.6 Å². The maximum Gasteiger partial charge on any atom is 0.273 e. The molecule has 3 aromatic carbocycles. The molecule has 2 N–H and O–H groups in total. The topological polar surface area (TPSA) is 144 Å². The molecule has 0 aromatic heterocycles. The summed E-state index contributed by atoms with van der Waals surface area (Å²) < 4.78 is 0. The van der Waals surface area contributed by atoms with Crippen LogP contribution in [0.15, 0.2) is 72.8 Å². The van der Waals surface area contributed by atoms with Crippen molar-refractivity contribution in [3.05, 3.63) is 104 Å². The van der Waals surface area contributed by atoms with Gasteiger partial charge in [-0.1, -0.05) is 42.5 Å². The van der Waals surface area contributed by atoms with Crippen molar-refractivity contribution in [2.75, 3.05) is 10.6 Å². The molecule has 0 aliphatic heterocycles. The molecule has 162 valence electrons. The van der Waals surface area contributed by atoms with E-state index < -0.39 is 21.7 Å². The number of anilines is 2. The lowest BCUT2D eigenvalue weighted by Crippen LogP contribution is -2.17. The molecule has 0 heterocycles. The van der Waals surface area contributed by atoms with Crippen LogP contribution in [0, 0.1) is 20.2 Å². The highest BCUT2D eigenvalue weighted by atomic mass is 16.6. The highest BCUT2D eigenvalue weighted by molar-refractivity contribution is 5.96. The predicted molar refractivity (Wildman–Crippen MR) is 117 cm³/mol. The number of nitro benzene ring substituents is 2. The van der Waals surface area contributed by atoms with Gasteiger partial charge in [0.05, 0.1) is 22.7 Å². The molecule has 0 aliphatic rings. The second-order valence-corrected chi connectivity index (χ2v) is 6.80. The summed E-state index contributed by atoms with van der Waals surface area (Å²) in [4.78, 5) is 45.8. The van der Waals surface area contributed by atoms with Crippen LogP contribution in [0.5, 0.6) is 0 Å². The van der Waals surface area contributed by atoms with E-state index in [0.29, 0.717) is 11.4 Å². The number of rotatable bonds is 8. The quantitative estimate of drug-likeness (QED) is 0.407. The monoisotopic (exact) mass is 434 g/mol. The highest BCUT2D eigenvalue weighted by Gasteiger charge is 2.17. The van der Waals surface area contributed by atoms with Gasteiger partial charge in [-0.05, 0) is 18.2 Å². The molecule has 0 bridgehead atoms. The fraction of sp³-hybridized carbons (Fsp3) is 0.0909. The summed E-state index contributed by atoms with van der Waals surface area (Å²) in [6.45, 7) is 0. The first-order valence-corrected chi connectivity index (χ1v) is 9.48. The second-order valence-electron chi connectivity index (χ2n) is 6.80. The van der Waals surface area contributed by atoms with Gasteiger partial charge < -0.3 is 10.6 Å². The average Bonchev–Trinajstić information content (AvgIpc) is 2.74. The summed E-state index contributed by atoms with van der Waals surface area (Å²) in [7, 11) is 0. The Bertz CT molecular complexity index is 1110. The highest BCUT2D eigenvalue weighted by Crippen LogP contribution is 2.21. The van der Waals surface area contributed by atoms with Gasteiger partial charge >= 0.3 is 0 Å². The van der Waals surface area contributed by atoms with Gasteiger partial charge in [0.25, 0.3) is 11.4 Å². The fourth-order valence-corrected chi connectivity index (χ4v) is 3.11. The zero-order valence-corrected chi connectivity index (χ0v) is 16.7. The lowest BCUT2D eigenvalue weighted by atomic mass is 10.1.